The first-order valence-corrected chi connectivity index (χ1v) is 7.84. The standard InChI is InChI=1S/C20H20N2/c1-3-7-17(8-4-1)11-21-13-19-15-22(16-20(19)14-21)12-18-9-5-2-6-10-18/h1-10,13-14H,11-12,15-16H2. The van der Waals surface area contributed by atoms with Crippen LogP contribution in [0.4, 0.5) is 0 Å². The molecule has 0 atom stereocenters. The number of hydrogen-bond donors (Lipinski definition) is 0. The molecule has 2 nitrogen and oxygen atoms in total. The third kappa shape index (κ3) is 2.83. The Bertz CT molecular complexity index is 720. The van der Waals surface area contributed by atoms with Gasteiger partial charge in [0.25, 0.3) is 0 Å². The summed E-state index contributed by atoms with van der Waals surface area (Å²) in [5, 5.41) is 0. The third-order valence-electron chi connectivity index (χ3n) is 4.30. The Morgan fingerprint density at radius 1 is 0.636 bits per heavy atom. The highest BCUT2D eigenvalue weighted by atomic mass is 15.1. The summed E-state index contributed by atoms with van der Waals surface area (Å²) in [5.41, 5.74) is 5.71. The molecule has 0 radical (unpaired) electrons. The molecular formula is C20H20N2. The molecule has 2 aromatic carbocycles. The lowest BCUT2D eigenvalue weighted by molar-refractivity contribution is 0.274. The molecule has 0 aliphatic carbocycles. The second kappa shape index (κ2) is 5.82. The van der Waals surface area contributed by atoms with Crippen LogP contribution in [-0.4, -0.2) is 9.47 Å². The van der Waals surface area contributed by atoms with Gasteiger partial charge in [-0.3, -0.25) is 4.90 Å². The number of fused-ring (bicyclic) bond motifs is 1. The van der Waals surface area contributed by atoms with E-state index in [1.807, 2.05) is 0 Å². The van der Waals surface area contributed by atoms with E-state index < -0.39 is 0 Å². The van der Waals surface area contributed by atoms with Gasteiger partial charge in [0, 0.05) is 38.6 Å². The maximum atomic E-state index is 2.51. The molecule has 3 aromatic rings. The average molecular weight is 288 g/mol. The van der Waals surface area contributed by atoms with Gasteiger partial charge in [0.2, 0.25) is 0 Å². The van der Waals surface area contributed by atoms with Gasteiger partial charge in [-0.15, -0.1) is 0 Å². The Morgan fingerprint density at radius 2 is 1.14 bits per heavy atom. The lowest BCUT2D eigenvalue weighted by Gasteiger charge is -2.15. The fourth-order valence-electron chi connectivity index (χ4n) is 3.26. The van der Waals surface area contributed by atoms with Crippen LogP contribution in [0.3, 0.4) is 0 Å². The van der Waals surface area contributed by atoms with E-state index in [-0.39, 0.29) is 0 Å². The third-order valence-corrected chi connectivity index (χ3v) is 4.30. The molecule has 2 heterocycles. The van der Waals surface area contributed by atoms with Crippen molar-refractivity contribution in [2.75, 3.05) is 0 Å². The van der Waals surface area contributed by atoms with E-state index in [2.05, 4.69) is 82.5 Å². The Kier molecular flexibility index (Phi) is 3.53. The van der Waals surface area contributed by atoms with Crippen LogP contribution in [0.15, 0.2) is 73.1 Å². The van der Waals surface area contributed by atoms with Crippen LogP contribution in [0, 0.1) is 0 Å². The molecule has 0 N–H and O–H groups in total. The molecule has 0 spiro atoms. The molecule has 1 aliphatic heterocycles. The average Bonchev–Trinajstić information content (AvgIpc) is 3.07. The monoisotopic (exact) mass is 288 g/mol. The summed E-state index contributed by atoms with van der Waals surface area (Å²) < 4.78 is 2.32. The SMILES string of the molecule is c1ccc(CN2Cc3cn(Cc4ccccc4)cc3C2)cc1. The molecular weight excluding hydrogens is 268 g/mol. The zero-order chi connectivity index (χ0) is 14.8. The summed E-state index contributed by atoms with van der Waals surface area (Å²) in [4.78, 5) is 2.51. The molecule has 0 unspecified atom stereocenters. The Hall–Kier alpha value is -2.32. The van der Waals surface area contributed by atoms with Crippen LogP contribution in [0.25, 0.3) is 0 Å². The van der Waals surface area contributed by atoms with Crippen molar-refractivity contribution in [2.45, 2.75) is 26.2 Å². The van der Waals surface area contributed by atoms with E-state index >= 15 is 0 Å². The van der Waals surface area contributed by atoms with Gasteiger partial charge in [0.15, 0.2) is 0 Å². The van der Waals surface area contributed by atoms with Crippen LogP contribution in [0.1, 0.15) is 22.3 Å². The largest absolute Gasteiger partial charge is 0.349 e. The highest BCUT2D eigenvalue weighted by Crippen LogP contribution is 2.25. The molecule has 22 heavy (non-hydrogen) atoms. The minimum absolute atomic E-state index is 0.965. The summed E-state index contributed by atoms with van der Waals surface area (Å²) in [6, 6.07) is 21.4. The van der Waals surface area contributed by atoms with E-state index in [1.54, 1.807) is 0 Å². The Balaban J connectivity index is 1.42. The molecule has 0 bridgehead atoms. The van der Waals surface area contributed by atoms with Crippen molar-refractivity contribution in [1.82, 2.24) is 9.47 Å². The van der Waals surface area contributed by atoms with Gasteiger partial charge in [-0.1, -0.05) is 60.7 Å². The molecule has 0 saturated heterocycles. The number of benzene rings is 2. The normalized spacial score (nSPS) is 14.2. The Labute approximate surface area is 131 Å². The van der Waals surface area contributed by atoms with Gasteiger partial charge in [-0.2, -0.15) is 0 Å². The maximum absolute atomic E-state index is 2.51. The topological polar surface area (TPSA) is 8.17 Å². The fourth-order valence-corrected chi connectivity index (χ4v) is 3.26. The summed E-state index contributed by atoms with van der Waals surface area (Å²) in [6.07, 6.45) is 4.63. The summed E-state index contributed by atoms with van der Waals surface area (Å²) >= 11 is 0. The smallest absolute Gasteiger partial charge is 0.0470 e. The fraction of sp³-hybridized carbons (Fsp3) is 0.200. The lowest BCUT2D eigenvalue weighted by Crippen LogP contribution is -2.16. The predicted octanol–water partition coefficient (Wildman–Crippen LogP) is 4.05. The van der Waals surface area contributed by atoms with Gasteiger partial charge in [0.05, 0.1) is 0 Å². The minimum atomic E-state index is 0.965. The molecule has 0 fully saturated rings. The Morgan fingerprint density at radius 3 is 1.68 bits per heavy atom. The van der Waals surface area contributed by atoms with E-state index in [9.17, 15) is 0 Å². The van der Waals surface area contributed by atoms with Gasteiger partial charge >= 0.3 is 0 Å². The zero-order valence-corrected chi connectivity index (χ0v) is 12.7. The van der Waals surface area contributed by atoms with Crippen molar-refractivity contribution in [3.8, 4) is 0 Å². The van der Waals surface area contributed by atoms with Crippen LogP contribution >= 0.6 is 0 Å². The molecule has 0 amide bonds. The first kappa shape index (κ1) is 13.4. The number of nitrogens with zero attached hydrogens (tertiary/aromatic N) is 2. The molecule has 1 aliphatic rings. The lowest BCUT2D eigenvalue weighted by atomic mass is 10.2. The first-order chi connectivity index (χ1) is 10.9. The van der Waals surface area contributed by atoms with Crippen molar-refractivity contribution < 1.29 is 0 Å². The number of aromatic nitrogens is 1. The number of hydrogen-bond acceptors (Lipinski definition) is 1. The zero-order valence-electron chi connectivity index (χ0n) is 12.7. The van der Waals surface area contributed by atoms with Crippen molar-refractivity contribution in [2.24, 2.45) is 0 Å². The second-order valence-electron chi connectivity index (χ2n) is 6.10. The van der Waals surface area contributed by atoms with Crippen molar-refractivity contribution in [1.29, 1.82) is 0 Å². The van der Waals surface area contributed by atoms with E-state index in [0.717, 1.165) is 26.2 Å². The molecule has 4 rings (SSSR count). The minimum Gasteiger partial charge on any atom is -0.349 e. The van der Waals surface area contributed by atoms with Crippen LogP contribution in [0.5, 0.6) is 0 Å². The van der Waals surface area contributed by atoms with Crippen LogP contribution < -0.4 is 0 Å². The van der Waals surface area contributed by atoms with E-state index in [4.69, 9.17) is 0 Å². The summed E-state index contributed by atoms with van der Waals surface area (Å²) in [6.45, 7) is 4.12. The van der Waals surface area contributed by atoms with Crippen LogP contribution in [0.2, 0.25) is 0 Å². The summed E-state index contributed by atoms with van der Waals surface area (Å²) in [5.74, 6) is 0. The number of rotatable bonds is 4. The second-order valence-corrected chi connectivity index (χ2v) is 6.10. The van der Waals surface area contributed by atoms with Gasteiger partial charge in [-0.25, -0.2) is 0 Å². The van der Waals surface area contributed by atoms with Crippen molar-refractivity contribution in [3.63, 3.8) is 0 Å². The van der Waals surface area contributed by atoms with Gasteiger partial charge in [0.1, 0.15) is 0 Å². The molecule has 2 heteroatoms. The van der Waals surface area contributed by atoms with Crippen molar-refractivity contribution >= 4 is 0 Å². The highest BCUT2D eigenvalue weighted by molar-refractivity contribution is 5.29. The summed E-state index contributed by atoms with van der Waals surface area (Å²) in [7, 11) is 0. The van der Waals surface area contributed by atoms with Gasteiger partial charge < -0.3 is 4.57 Å². The van der Waals surface area contributed by atoms with E-state index in [0.29, 0.717) is 0 Å². The van der Waals surface area contributed by atoms with E-state index in [1.165, 1.54) is 22.3 Å². The van der Waals surface area contributed by atoms with Crippen LogP contribution in [-0.2, 0) is 26.2 Å². The molecule has 0 saturated carbocycles. The molecule has 1 aromatic heterocycles. The molecule has 110 valence electrons. The maximum Gasteiger partial charge on any atom is 0.0470 e. The quantitative estimate of drug-likeness (QED) is 0.703. The predicted molar refractivity (Wildman–Crippen MR) is 89.4 cm³/mol. The van der Waals surface area contributed by atoms with Crippen molar-refractivity contribution in [3.05, 3.63) is 95.3 Å². The first-order valence-electron chi connectivity index (χ1n) is 7.84. The highest BCUT2D eigenvalue weighted by Gasteiger charge is 2.20. The van der Waals surface area contributed by atoms with Gasteiger partial charge in [-0.05, 0) is 22.3 Å².